The Labute approximate surface area is 253 Å². The van der Waals surface area contributed by atoms with E-state index in [1.165, 1.54) is 42.6 Å². The highest BCUT2D eigenvalue weighted by molar-refractivity contribution is 5.91. The van der Waals surface area contributed by atoms with Crippen LogP contribution in [-0.2, 0) is 11.3 Å². The number of ether oxygens (including phenoxy) is 1. The molecule has 1 atom stereocenters. The third-order valence-corrected chi connectivity index (χ3v) is 7.88. The van der Waals surface area contributed by atoms with Crippen LogP contribution in [0.15, 0.2) is 60.9 Å². The number of rotatable bonds is 6. The van der Waals surface area contributed by atoms with E-state index in [1.54, 1.807) is 7.11 Å². The minimum Gasteiger partial charge on any atom is -0.481 e. The first-order valence-electron chi connectivity index (χ1n) is 14.7. The van der Waals surface area contributed by atoms with Gasteiger partial charge in [0.1, 0.15) is 11.2 Å². The number of nitrogens with zero attached hydrogens (tertiary/aromatic N) is 6. The largest absolute Gasteiger partial charge is 0.490 e. The number of aliphatic carboxylic acids is 1. The van der Waals surface area contributed by atoms with Gasteiger partial charge in [-0.3, -0.25) is 4.98 Å². The third kappa shape index (κ3) is 7.39. The van der Waals surface area contributed by atoms with Gasteiger partial charge in [0.05, 0.1) is 18.3 Å². The van der Waals surface area contributed by atoms with Gasteiger partial charge in [0.2, 0.25) is 5.88 Å². The molecule has 10 nitrogen and oxygen atoms in total. The number of aromatic nitrogens is 4. The number of carboxylic acid groups (broad SMARTS) is 1. The highest BCUT2D eigenvalue weighted by Gasteiger charge is 2.38. The Morgan fingerprint density at radius 3 is 2.39 bits per heavy atom. The maximum absolute atomic E-state index is 10.6. The Kier molecular flexibility index (Phi) is 9.83. The molecule has 0 saturated carbocycles. The molecule has 234 valence electrons. The second-order valence-electron chi connectivity index (χ2n) is 10.7. The molecule has 13 heteroatoms. The van der Waals surface area contributed by atoms with E-state index in [4.69, 9.17) is 24.6 Å². The number of fused-ring (bicyclic) bond motifs is 1. The Hall–Kier alpha value is -4.39. The van der Waals surface area contributed by atoms with Crippen LogP contribution in [0, 0.1) is 0 Å². The first kappa shape index (κ1) is 31.0. The Balaban J connectivity index is 0.000000493. The normalized spacial score (nSPS) is 17.5. The predicted molar refractivity (Wildman–Crippen MR) is 162 cm³/mol. The van der Waals surface area contributed by atoms with E-state index in [1.807, 2.05) is 30.6 Å². The summed E-state index contributed by atoms with van der Waals surface area (Å²) in [5.74, 6) is -1.24. The van der Waals surface area contributed by atoms with Gasteiger partial charge < -0.3 is 29.5 Å². The van der Waals surface area contributed by atoms with Gasteiger partial charge in [-0.1, -0.05) is 25.0 Å². The molecule has 2 aliphatic heterocycles. The van der Waals surface area contributed by atoms with Crippen LogP contribution < -0.4 is 19.9 Å². The fraction of sp³-hybridized carbons (Fsp3) is 0.419. The van der Waals surface area contributed by atoms with Crippen molar-refractivity contribution >= 4 is 28.4 Å². The van der Waals surface area contributed by atoms with Crippen molar-refractivity contribution in [2.75, 3.05) is 49.6 Å². The van der Waals surface area contributed by atoms with Gasteiger partial charge in [-0.2, -0.15) is 13.2 Å². The van der Waals surface area contributed by atoms with E-state index in [9.17, 15) is 13.2 Å². The van der Waals surface area contributed by atoms with Crippen LogP contribution in [-0.4, -0.2) is 82.6 Å². The highest BCUT2D eigenvalue weighted by atomic mass is 19.4. The average Bonchev–Trinajstić information content (AvgIpc) is 3.20. The van der Waals surface area contributed by atoms with Crippen molar-refractivity contribution in [3.8, 4) is 17.4 Å². The zero-order valence-corrected chi connectivity index (χ0v) is 24.5. The maximum Gasteiger partial charge on any atom is 0.490 e. The number of anilines is 2. The van der Waals surface area contributed by atoms with Gasteiger partial charge in [-0.15, -0.1) is 0 Å². The fourth-order valence-corrected chi connectivity index (χ4v) is 5.66. The van der Waals surface area contributed by atoms with Gasteiger partial charge >= 0.3 is 12.1 Å². The van der Waals surface area contributed by atoms with Gasteiger partial charge in [0.15, 0.2) is 5.82 Å². The smallest absolute Gasteiger partial charge is 0.481 e. The van der Waals surface area contributed by atoms with Crippen LogP contribution in [0.3, 0.4) is 0 Å². The van der Waals surface area contributed by atoms with Crippen molar-refractivity contribution < 1.29 is 27.8 Å². The van der Waals surface area contributed by atoms with Crippen LogP contribution in [0.4, 0.5) is 24.5 Å². The molecule has 0 amide bonds. The Morgan fingerprint density at radius 1 is 0.977 bits per heavy atom. The number of alkyl halides is 3. The van der Waals surface area contributed by atoms with E-state index in [2.05, 4.69) is 55.0 Å². The van der Waals surface area contributed by atoms with E-state index < -0.39 is 12.1 Å². The standard InChI is InChI=1S/C29H35N7O.C2HF3O2/c1-37-27-11-5-8-24(32-27)29-33-28-25(35-19-17-34(18-20-35)23-12-15-30-16-13-23)9-6-10-26(28)36(29)21-22-7-3-2-4-14-31-22;3-2(4,5)1(6)7/h5-6,8-13,15-16,22,31H,2-4,7,14,17-21H2,1H3;(H,6,7). The number of halogens is 3. The second-order valence-corrected chi connectivity index (χ2v) is 10.7. The lowest BCUT2D eigenvalue weighted by Gasteiger charge is -2.37. The van der Waals surface area contributed by atoms with Gasteiger partial charge in [-0.25, -0.2) is 14.8 Å². The summed E-state index contributed by atoms with van der Waals surface area (Å²) in [5, 5.41) is 10.9. The molecular weight excluding hydrogens is 575 g/mol. The Bertz CT molecular complexity index is 1530. The molecule has 0 spiro atoms. The van der Waals surface area contributed by atoms with E-state index >= 15 is 0 Å². The lowest BCUT2D eigenvalue weighted by molar-refractivity contribution is -0.192. The molecule has 5 heterocycles. The molecule has 2 aliphatic rings. The van der Waals surface area contributed by atoms with Gasteiger partial charge in [0, 0.05) is 62.9 Å². The summed E-state index contributed by atoms with van der Waals surface area (Å²) in [6.07, 6.45) is 3.65. The van der Waals surface area contributed by atoms with Crippen molar-refractivity contribution in [1.82, 2.24) is 24.8 Å². The Morgan fingerprint density at radius 2 is 1.68 bits per heavy atom. The number of para-hydroxylation sites is 1. The van der Waals surface area contributed by atoms with Crippen LogP contribution >= 0.6 is 0 Å². The molecule has 4 aromatic rings. The predicted octanol–water partition coefficient (Wildman–Crippen LogP) is 4.99. The number of benzene rings is 1. The number of carboxylic acids is 1. The van der Waals surface area contributed by atoms with Crippen molar-refractivity contribution in [2.24, 2.45) is 0 Å². The van der Waals surface area contributed by atoms with Crippen molar-refractivity contribution in [3.63, 3.8) is 0 Å². The molecule has 44 heavy (non-hydrogen) atoms. The lowest BCUT2D eigenvalue weighted by atomic mass is 10.1. The zero-order chi connectivity index (χ0) is 31.1. The van der Waals surface area contributed by atoms with Crippen LogP contribution in [0.1, 0.15) is 25.7 Å². The average molecular weight is 612 g/mol. The lowest BCUT2D eigenvalue weighted by Crippen LogP contribution is -2.46. The minimum atomic E-state index is -5.08. The van der Waals surface area contributed by atoms with E-state index in [0.717, 1.165) is 56.3 Å². The summed E-state index contributed by atoms with van der Waals surface area (Å²) in [6.45, 7) is 5.80. The number of hydrogen-bond donors (Lipinski definition) is 2. The SMILES string of the molecule is COc1cccc(-c2nc3c(N4CCN(c5ccncc5)CC4)cccc3n2CC2CCCCCN2)n1.O=C(O)C(F)(F)F. The maximum atomic E-state index is 10.6. The van der Waals surface area contributed by atoms with Crippen molar-refractivity contribution in [2.45, 2.75) is 44.4 Å². The number of imidazole rings is 1. The third-order valence-electron chi connectivity index (χ3n) is 7.88. The molecular formula is C31H36F3N7O3. The second kappa shape index (κ2) is 13.9. The number of methoxy groups -OCH3 is 1. The molecule has 1 unspecified atom stereocenters. The van der Waals surface area contributed by atoms with E-state index in [0.29, 0.717) is 11.9 Å². The topological polar surface area (TPSA) is 109 Å². The number of hydrogen-bond acceptors (Lipinski definition) is 8. The summed E-state index contributed by atoms with van der Waals surface area (Å²) >= 11 is 0. The summed E-state index contributed by atoms with van der Waals surface area (Å²) in [7, 11) is 1.66. The van der Waals surface area contributed by atoms with Crippen LogP contribution in [0.2, 0.25) is 0 Å². The van der Waals surface area contributed by atoms with Crippen LogP contribution in [0.25, 0.3) is 22.6 Å². The molecule has 0 aliphatic carbocycles. The van der Waals surface area contributed by atoms with Gasteiger partial charge in [-0.05, 0) is 49.7 Å². The number of piperazine rings is 1. The first-order chi connectivity index (χ1) is 21.2. The summed E-state index contributed by atoms with van der Waals surface area (Å²) in [5.41, 5.74) is 5.49. The first-order valence-corrected chi connectivity index (χ1v) is 14.7. The highest BCUT2D eigenvalue weighted by Crippen LogP contribution is 2.33. The monoisotopic (exact) mass is 611 g/mol. The summed E-state index contributed by atoms with van der Waals surface area (Å²) in [6, 6.07) is 17.1. The summed E-state index contributed by atoms with van der Waals surface area (Å²) in [4.78, 5) is 28.0. The van der Waals surface area contributed by atoms with Crippen molar-refractivity contribution in [1.29, 1.82) is 0 Å². The molecule has 2 saturated heterocycles. The molecule has 2 fully saturated rings. The van der Waals surface area contributed by atoms with E-state index in [-0.39, 0.29) is 0 Å². The number of nitrogens with one attached hydrogen (secondary N) is 1. The van der Waals surface area contributed by atoms with Crippen LogP contribution in [0.5, 0.6) is 5.88 Å². The number of pyridine rings is 2. The summed E-state index contributed by atoms with van der Waals surface area (Å²) < 4.78 is 39.6. The molecule has 3 aromatic heterocycles. The molecule has 1 aromatic carbocycles. The van der Waals surface area contributed by atoms with Gasteiger partial charge in [0.25, 0.3) is 0 Å². The fourth-order valence-electron chi connectivity index (χ4n) is 5.66. The molecule has 2 N–H and O–H groups in total. The minimum absolute atomic E-state index is 0.428. The quantitative estimate of drug-likeness (QED) is 0.312. The molecule has 0 radical (unpaired) electrons. The molecule has 0 bridgehead atoms. The zero-order valence-electron chi connectivity index (χ0n) is 24.5. The van der Waals surface area contributed by atoms with Crippen molar-refractivity contribution in [3.05, 3.63) is 60.9 Å². The molecule has 6 rings (SSSR count). The number of carbonyl (C=O) groups is 1.